The molecule has 6 heteroatoms. The minimum absolute atomic E-state index is 0.228. The van der Waals surface area contributed by atoms with Gasteiger partial charge in [0.15, 0.2) is 6.79 Å². The average Bonchev–Trinajstić information content (AvgIpc) is 2.62. The van der Waals surface area contributed by atoms with Gasteiger partial charge in [-0.1, -0.05) is 72.4 Å². The normalized spacial score (nSPS) is 12.7. The van der Waals surface area contributed by atoms with Gasteiger partial charge in [-0.15, -0.1) is 0 Å². The van der Waals surface area contributed by atoms with Crippen LogP contribution in [0, 0.1) is 0 Å². The van der Waals surface area contributed by atoms with Crippen molar-refractivity contribution in [3.63, 3.8) is 0 Å². The first-order valence-corrected chi connectivity index (χ1v) is 9.60. The van der Waals surface area contributed by atoms with E-state index in [0.717, 1.165) is 29.7 Å². The van der Waals surface area contributed by atoms with Gasteiger partial charge in [-0.05, 0) is 41.8 Å². The summed E-state index contributed by atoms with van der Waals surface area (Å²) in [4.78, 5) is 0. The molecule has 0 amide bonds. The fourth-order valence-electron chi connectivity index (χ4n) is 2.54. The molecule has 3 nitrogen and oxygen atoms in total. The van der Waals surface area contributed by atoms with Gasteiger partial charge in [-0.2, -0.15) is 0 Å². The summed E-state index contributed by atoms with van der Waals surface area (Å²) >= 11 is 18.8. The molecule has 0 saturated carbocycles. The molecule has 1 unspecified atom stereocenters. The third kappa shape index (κ3) is 6.24. The van der Waals surface area contributed by atoms with E-state index in [1.807, 2.05) is 48.5 Å². The van der Waals surface area contributed by atoms with Crippen LogP contribution in [-0.4, -0.2) is 24.3 Å². The predicted molar refractivity (Wildman–Crippen MR) is 108 cm³/mol. The second-order valence-corrected chi connectivity index (χ2v) is 8.21. The van der Waals surface area contributed by atoms with Crippen molar-refractivity contribution < 1.29 is 14.2 Å². The number of hydrogen-bond acceptors (Lipinski definition) is 3. The van der Waals surface area contributed by atoms with Crippen LogP contribution in [0.15, 0.2) is 48.5 Å². The third-order valence-electron chi connectivity index (χ3n) is 3.94. The molecule has 0 spiro atoms. The first-order valence-electron chi connectivity index (χ1n) is 8.47. The molecule has 0 fully saturated rings. The molecule has 142 valence electrons. The van der Waals surface area contributed by atoms with Crippen LogP contribution >= 0.6 is 34.8 Å². The van der Waals surface area contributed by atoms with E-state index in [0.29, 0.717) is 12.4 Å². The summed E-state index contributed by atoms with van der Waals surface area (Å²) in [6, 6.07) is 15.0. The highest BCUT2D eigenvalue weighted by atomic mass is 35.6. The molecule has 26 heavy (non-hydrogen) atoms. The van der Waals surface area contributed by atoms with E-state index in [1.165, 1.54) is 0 Å². The largest absolute Gasteiger partial charge is 0.497 e. The Kier molecular flexibility index (Phi) is 8.36. The first kappa shape index (κ1) is 21.2. The quantitative estimate of drug-likeness (QED) is 0.270. The van der Waals surface area contributed by atoms with Crippen molar-refractivity contribution in [1.82, 2.24) is 0 Å². The van der Waals surface area contributed by atoms with Crippen LogP contribution in [0.2, 0.25) is 0 Å². The van der Waals surface area contributed by atoms with Crippen LogP contribution in [0.3, 0.4) is 0 Å². The van der Waals surface area contributed by atoms with Crippen LogP contribution in [0.1, 0.15) is 36.8 Å². The summed E-state index contributed by atoms with van der Waals surface area (Å²) in [7, 11) is 1.62. The van der Waals surface area contributed by atoms with E-state index in [-0.39, 0.29) is 6.79 Å². The van der Waals surface area contributed by atoms with Crippen molar-refractivity contribution in [2.24, 2.45) is 0 Å². The topological polar surface area (TPSA) is 27.7 Å². The van der Waals surface area contributed by atoms with Gasteiger partial charge in [-0.25, -0.2) is 0 Å². The maximum absolute atomic E-state index is 6.26. The highest BCUT2D eigenvalue weighted by Gasteiger charge is 2.35. The summed E-state index contributed by atoms with van der Waals surface area (Å²) in [5, 5.41) is 0. The van der Waals surface area contributed by atoms with Crippen molar-refractivity contribution >= 4 is 34.8 Å². The van der Waals surface area contributed by atoms with Crippen LogP contribution in [0.4, 0.5) is 0 Å². The first-order chi connectivity index (χ1) is 12.5. The van der Waals surface area contributed by atoms with Gasteiger partial charge in [0.25, 0.3) is 0 Å². The SMILES string of the molecule is CCCCOCOc1ccc(C(c2ccc(OC)cc2)C(Cl)(Cl)Cl)cc1. The second-order valence-electron chi connectivity index (χ2n) is 5.84. The number of benzene rings is 2. The molecule has 0 heterocycles. The minimum atomic E-state index is -1.49. The highest BCUT2D eigenvalue weighted by molar-refractivity contribution is 6.68. The predicted octanol–water partition coefficient (Wildman–Crippen LogP) is 6.35. The molecule has 0 bridgehead atoms. The molecule has 0 aliphatic carbocycles. The van der Waals surface area contributed by atoms with Crippen molar-refractivity contribution in [3.05, 3.63) is 59.7 Å². The smallest absolute Gasteiger partial charge is 0.201 e. The van der Waals surface area contributed by atoms with Crippen molar-refractivity contribution in [1.29, 1.82) is 0 Å². The van der Waals surface area contributed by atoms with Crippen LogP contribution in [0.5, 0.6) is 11.5 Å². The number of unbranched alkanes of at least 4 members (excludes halogenated alkanes) is 1. The zero-order valence-electron chi connectivity index (χ0n) is 14.9. The molecule has 0 aliphatic rings. The van der Waals surface area contributed by atoms with Crippen LogP contribution in [0.25, 0.3) is 0 Å². The molecule has 2 rings (SSSR count). The van der Waals surface area contributed by atoms with Gasteiger partial charge < -0.3 is 14.2 Å². The molecule has 0 aliphatic heterocycles. The standard InChI is InChI=1S/C20H23Cl3O3/c1-3-4-13-25-14-26-18-11-7-16(8-12-18)19(20(21,22)23)15-5-9-17(24-2)10-6-15/h5-12,19H,3-4,13-14H2,1-2H3. The number of halogens is 3. The van der Waals surface area contributed by atoms with Crippen LogP contribution in [-0.2, 0) is 4.74 Å². The molecular weight excluding hydrogens is 395 g/mol. The Morgan fingerprint density at radius 1 is 0.885 bits per heavy atom. The molecule has 0 aromatic heterocycles. The lowest BCUT2D eigenvalue weighted by molar-refractivity contribution is 0.0140. The number of hydrogen-bond donors (Lipinski definition) is 0. The lowest BCUT2D eigenvalue weighted by Crippen LogP contribution is -2.18. The van der Waals surface area contributed by atoms with Crippen LogP contribution < -0.4 is 9.47 Å². The third-order valence-corrected chi connectivity index (χ3v) is 4.60. The van der Waals surface area contributed by atoms with Gasteiger partial charge >= 0.3 is 0 Å². The number of methoxy groups -OCH3 is 1. The summed E-state index contributed by atoms with van der Waals surface area (Å²) in [5.41, 5.74) is 1.77. The number of ether oxygens (including phenoxy) is 3. The van der Waals surface area contributed by atoms with Gasteiger partial charge in [0.05, 0.1) is 19.6 Å². The van der Waals surface area contributed by atoms with Gasteiger partial charge in [0.2, 0.25) is 3.79 Å². The lowest BCUT2D eigenvalue weighted by atomic mass is 9.92. The molecule has 0 N–H and O–H groups in total. The maximum atomic E-state index is 6.26. The van der Waals surface area contributed by atoms with Crippen molar-refractivity contribution in [2.75, 3.05) is 20.5 Å². The second kappa shape index (κ2) is 10.3. The maximum Gasteiger partial charge on any atom is 0.201 e. The Morgan fingerprint density at radius 2 is 1.42 bits per heavy atom. The Labute approximate surface area is 170 Å². The Hall–Kier alpha value is -1.13. The van der Waals surface area contributed by atoms with E-state index < -0.39 is 9.71 Å². The van der Waals surface area contributed by atoms with Crippen molar-refractivity contribution in [2.45, 2.75) is 29.5 Å². The molecule has 2 aromatic rings. The zero-order chi connectivity index (χ0) is 19.0. The molecule has 0 saturated heterocycles. The van der Waals surface area contributed by atoms with Gasteiger partial charge in [0.1, 0.15) is 11.5 Å². The fourth-order valence-corrected chi connectivity index (χ4v) is 3.29. The number of rotatable bonds is 9. The Bertz CT molecular complexity index is 651. The monoisotopic (exact) mass is 416 g/mol. The molecule has 1 atom stereocenters. The molecule has 2 aromatic carbocycles. The van der Waals surface area contributed by atoms with Gasteiger partial charge in [-0.3, -0.25) is 0 Å². The lowest BCUT2D eigenvalue weighted by Gasteiger charge is -2.25. The minimum Gasteiger partial charge on any atom is -0.497 e. The summed E-state index contributed by atoms with van der Waals surface area (Å²) in [6.45, 7) is 3.04. The Morgan fingerprint density at radius 3 is 1.88 bits per heavy atom. The molecular formula is C20H23Cl3O3. The highest BCUT2D eigenvalue weighted by Crippen LogP contribution is 2.46. The van der Waals surface area contributed by atoms with E-state index >= 15 is 0 Å². The fraction of sp³-hybridized carbons (Fsp3) is 0.400. The number of alkyl halides is 3. The van der Waals surface area contributed by atoms with Crippen molar-refractivity contribution in [3.8, 4) is 11.5 Å². The summed E-state index contributed by atoms with van der Waals surface area (Å²) < 4.78 is 14.7. The zero-order valence-corrected chi connectivity index (χ0v) is 17.2. The Balaban J connectivity index is 2.10. The molecule has 0 radical (unpaired) electrons. The average molecular weight is 418 g/mol. The van der Waals surface area contributed by atoms with E-state index in [2.05, 4.69) is 6.92 Å². The van der Waals surface area contributed by atoms with Gasteiger partial charge in [0, 0.05) is 0 Å². The van der Waals surface area contributed by atoms with E-state index in [1.54, 1.807) is 7.11 Å². The summed E-state index contributed by atoms with van der Waals surface area (Å²) in [6.07, 6.45) is 2.12. The van der Waals surface area contributed by atoms with E-state index in [4.69, 9.17) is 49.0 Å². The summed E-state index contributed by atoms with van der Waals surface area (Å²) in [5.74, 6) is 1.06. The van der Waals surface area contributed by atoms with E-state index in [9.17, 15) is 0 Å².